The van der Waals surface area contributed by atoms with Gasteiger partial charge in [0.1, 0.15) is 0 Å². The van der Waals surface area contributed by atoms with E-state index in [4.69, 9.17) is 0 Å². The van der Waals surface area contributed by atoms with Crippen LogP contribution in [0, 0.1) is 5.92 Å². The summed E-state index contributed by atoms with van der Waals surface area (Å²) < 4.78 is 23.6. The summed E-state index contributed by atoms with van der Waals surface area (Å²) in [6.45, 7) is 2.53. The molecule has 1 fully saturated rings. The Morgan fingerprint density at radius 2 is 2.05 bits per heavy atom. The molecule has 0 aromatic carbocycles. The molecule has 1 saturated heterocycles. The van der Waals surface area contributed by atoms with Gasteiger partial charge in [-0.15, -0.1) is 12.4 Å². The zero-order valence-corrected chi connectivity index (χ0v) is 13.1. The van der Waals surface area contributed by atoms with Gasteiger partial charge in [-0.25, -0.2) is 12.7 Å². The van der Waals surface area contributed by atoms with Gasteiger partial charge < -0.3 is 10.6 Å². The number of halogens is 1. The number of carbonyl (C=O) groups excluding carboxylic acids is 1. The third kappa shape index (κ3) is 7.10. The standard InChI is InChI=1S/C11H23N3O3S.ClH/c1-14(18(2,16)17)9-8-13-11(15)10-4-3-6-12-7-5-10;/h10,12H,3-9H2,1-2H3,(H,13,15);1H. The summed E-state index contributed by atoms with van der Waals surface area (Å²) in [5.74, 6) is 0.101. The molecule has 19 heavy (non-hydrogen) atoms. The fourth-order valence-corrected chi connectivity index (χ4v) is 2.35. The van der Waals surface area contributed by atoms with Gasteiger partial charge >= 0.3 is 0 Å². The predicted octanol–water partition coefficient (Wildman–Crippen LogP) is -0.194. The first-order chi connectivity index (χ1) is 8.41. The van der Waals surface area contributed by atoms with Crippen LogP contribution in [0.1, 0.15) is 19.3 Å². The lowest BCUT2D eigenvalue weighted by Gasteiger charge is -2.17. The quantitative estimate of drug-likeness (QED) is 0.737. The van der Waals surface area contributed by atoms with Crippen LogP contribution in [0.25, 0.3) is 0 Å². The van der Waals surface area contributed by atoms with E-state index in [9.17, 15) is 13.2 Å². The summed E-state index contributed by atoms with van der Waals surface area (Å²) in [5, 5.41) is 6.07. The molecule has 1 aliphatic rings. The van der Waals surface area contributed by atoms with E-state index in [0.717, 1.165) is 38.6 Å². The van der Waals surface area contributed by atoms with Gasteiger partial charge in [-0.05, 0) is 32.4 Å². The number of carbonyl (C=O) groups is 1. The van der Waals surface area contributed by atoms with Gasteiger partial charge in [-0.1, -0.05) is 0 Å². The van der Waals surface area contributed by atoms with Gasteiger partial charge in [0.15, 0.2) is 0 Å². The van der Waals surface area contributed by atoms with Crippen LogP contribution < -0.4 is 10.6 Å². The largest absolute Gasteiger partial charge is 0.355 e. The van der Waals surface area contributed by atoms with Crippen molar-refractivity contribution in [2.24, 2.45) is 5.92 Å². The number of likely N-dealkylation sites (N-methyl/N-ethyl adjacent to an activating group) is 1. The summed E-state index contributed by atoms with van der Waals surface area (Å²) in [4.78, 5) is 11.9. The molecule has 0 saturated carbocycles. The summed E-state index contributed by atoms with van der Waals surface area (Å²) >= 11 is 0. The molecule has 0 aromatic heterocycles. The zero-order valence-electron chi connectivity index (χ0n) is 11.5. The van der Waals surface area contributed by atoms with Gasteiger partial charge in [0.2, 0.25) is 15.9 Å². The average molecular weight is 314 g/mol. The van der Waals surface area contributed by atoms with E-state index < -0.39 is 10.0 Å². The summed E-state index contributed by atoms with van der Waals surface area (Å²) in [7, 11) is -1.65. The van der Waals surface area contributed by atoms with Gasteiger partial charge in [0, 0.05) is 26.1 Å². The zero-order chi connectivity index (χ0) is 13.6. The second-order valence-corrected chi connectivity index (χ2v) is 6.84. The SMILES string of the molecule is CN(CCNC(=O)C1CCCNCC1)S(C)(=O)=O.Cl. The molecule has 0 radical (unpaired) electrons. The van der Waals surface area contributed by atoms with Crippen LogP contribution in [-0.4, -0.2) is 58.1 Å². The van der Waals surface area contributed by atoms with Crippen LogP contribution in [0.2, 0.25) is 0 Å². The molecule has 0 aliphatic carbocycles. The number of rotatable bonds is 5. The van der Waals surface area contributed by atoms with Crippen molar-refractivity contribution in [3.63, 3.8) is 0 Å². The maximum Gasteiger partial charge on any atom is 0.223 e. The molecule has 8 heteroatoms. The first-order valence-electron chi connectivity index (χ1n) is 6.31. The molecule has 1 aliphatic heterocycles. The van der Waals surface area contributed by atoms with Crippen LogP contribution in [0.5, 0.6) is 0 Å². The smallest absolute Gasteiger partial charge is 0.223 e. The highest BCUT2D eigenvalue weighted by atomic mass is 35.5. The number of sulfonamides is 1. The van der Waals surface area contributed by atoms with E-state index in [-0.39, 0.29) is 24.2 Å². The molecule has 1 unspecified atom stereocenters. The maximum atomic E-state index is 11.9. The monoisotopic (exact) mass is 313 g/mol. The van der Waals surface area contributed by atoms with Crippen LogP contribution in [-0.2, 0) is 14.8 Å². The van der Waals surface area contributed by atoms with Crippen molar-refractivity contribution < 1.29 is 13.2 Å². The van der Waals surface area contributed by atoms with E-state index in [1.807, 2.05) is 0 Å². The van der Waals surface area contributed by atoms with Crippen molar-refractivity contribution in [3.8, 4) is 0 Å². The summed E-state index contributed by atoms with van der Waals surface area (Å²) in [6.07, 6.45) is 3.93. The Balaban J connectivity index is 0.00000324. The number of nitrogens with zero attached hydrogens (tertiary/aromatic N) is 1. The van der Waals surface area contributed by atoms with Crippen molar-refractivity contribution >= 4 is 28.3 Å². The number of hydrogen-bond donors (Lipinski definition) is 2. The molecule has 0 bridgehead atoms. The third-order valence-corrected chi connectivity index (χ3v) is 4.55. The van der Waals surface area contributed by atoms with Crippen molar-refractivity contribution in [1.82, 2.24) is 14.9 Å². The fourth-order valence-electron chi connectivity index (χ4n) is 1.93. The highest BCUT2D eigenvalue weighted by molar-refractivity contribution is 7.88. The molecule has 114 valence electrons. The van der Waals surface area contributed by atoms with Crippen molar-refractivity contribution in [1.29, 1.82) is 0 Å². The second kappa shape index (κ2) is 8.73. The first-order valence-corrected chi connectivity index (χ1v) is 8.16. The molecule has 1 heterocycles. The fraction of sp³-hybridized carbons (Fsp3) is 0.909. The molecule has 1 amide bonds. The van der Waals surface area contributed by atoms with Gasteiger partial charge in [-0.2, -0.15) is 0 Å². The Morgan fingerprint density at radius 3 is 2.68 bits per heavy atom. The van der Waals surface area contributed by atoms with Crippen LogP contribution in [0.3, 0.4) is 0 Å². The summed E-state index contributed by atoms with van der Waals surface area (Å²) in [5.41, 5.74) is 0. The first kappa shape index (κ1) is 18.6. The van der Waals surface area contributed by atoms with E-state index in [2.05, 4.69) is 10.6 Å². The van der Waals surface area contributed by atoms with Gasteiger partial charge in [-0.3, -0.25) is 4.79 Å². The lowest BCUT2D eigenvalue weighted by Crippen LogP contribution is -2.38. The number of nitrogens with one attached hydrogen (secondary N) is 2. The van der Waals surface area contributed by atoms with E-state index in [0.29, 0.717) is 13.1 Å². The number of amides is 1. The molecular weight excluding hydrogens is 290 g/mol. The maximum absolute atomic E-state index is 11.9. The molecule has 2 N–H and O–H groups in total. The Bertz CT molecular complexity index is 367. The average Bonchev–Trinajstić information content (AvgIpc) is 2.55. The topological polar surface area (TPSA) is 78.5 Å². The predicted molar refractivity (Wildman–Crippen MR) is 77.9 cm³/mol. The second-order valence-electron chi connectivity index (χ2n) is 4.75. The lowest BCUT2D eigenvalue weighted by atomic mass is 10.00. The molecule has 0 spiro atoms. The molecule has 1 rings (SSSR count). The van der Waals surface area contributed by atoms with Crippen LogP contribution in [0.15, 0.2) is 0 Å². The Kier molecular flexibility index (Phi) is 8.56. The molecule has 1 atom stereocenters. The van der Waals surface area contributed by atoms with Crippen molar-refractivity contribution in [2.75, 3.05) is 39.5 Å². The Labute approximate surface area is 121 Å². The van der Waals surface area contributed by atoms with E-state index in [1.54, 1.807) is 0 Å². The van der Waals surface area contributed by atoms with Crippen LogP contribution >= 0.6 is 12.4 Å². The van der Waals surface area contributed by atoms with Gasteiger partial charge in [0.05, 0.1) is 6.26 Å². The van der Waals surface area contributed by atoms with Crippen molar-refractivity contribution in [2.45, 2.75) is 19.3 Å². The highest BCUT2D eigenvalue weighted by Crippen LogP contribution is 2.13. The normalized spacial score (nSPS) is 20.5. The van der Waals surface area contributed by atoms with E-state index >= 15 is 0 Å². The minimum absolute atomic E-state index is 0. The van der Waals surface area contributed by atoms with Gasteiger partial charge in [0.25, 0.3) is 0 Å². The molecule has 6 nitrogen and oxygen atoms in total. The minimum Gasteiger partial charge on any atom is -0.355 e. The lowest BCUT2D eigenvalue weighted by molar-refractivity contribution is -0.125. The number of hydrogen-bond acceptors (Lipinski definition) is 4. The van der Waals surface area contributed by atoms with Crippen molar-refractivity contribution in [3.05, 3.63) is 0 Å². The Hall–Kier alpha value is -0.370. The summed E-state index contributed by atoms with van der Waals surface area (Å²) in [6, 6.07) is 0. The minimum atomic E-state index is -3.16. The van der Waals surface area contributed by atoms with Crippen LogP contribution in [0.4, 0.5) is 0 Å². The third-order valence-electron chi connectivity index (χ3n) is 3.24. The molecule has 0 aromatic rings. The molecular formula is C11H24ClN3O3S. The highest BCUT2D eigenvalue weighted by Gasteiger charge is 2.19. The van der Waals surface area contributed by atoms with E-state index in [1.165, 1.54) is 11.4 Å². The Morgan fingerprint density at radius 1 is 1.37 bits per heavy atom.